The van der Waals surface area contributed by atoms with Crippen LogP contribution in [0.15, 0.2) is 48.5 Å². The van der Waals surface area contributed by atoms with E-state index in [1.165, 1.54) is 11.1 Å². The highest BCUT2D eigenvalue weighted by atomic mass is 32.2. The molecule has 4 nitrogen and oxygen atoms in total. The number of hydrogen-bond donors (Lipinski definition) is 1. The summed E-state index contributed by atoms with van der Waals surface area (Å²) >= 11 is 1.97. The van der Waals surface area contributed by atoms with Crippen molar-refractivity contribution >= 4 is 23.4 Å². The zero-order chi connectivity index (χ0) is 18.4. The van der Waals surface area contributed by atoms with E-state index in [2.05, 4.69) is 47.5 Å². The number of carbonyl (C=O) groups is 1. The zero-order valence-corrected chi connectivity index (χ0v) is 15.8. The molecule has 3 rings (SSSR count). The van der Waals surface area contributed by atoms with Gasteiger partial charge in [-0.05, 0) is 24.6 Å². The van der Waals surface area contributed by atoms with E-state index in [0.29, 0.717) is 23.7 Å². The Morgan fingerprint density at radius 2 is 2.04 bits per heavy atom. The van der Waals surface area contributed by atoms with Crippen molar-refractivity contribution in [3.63, 3.8) is 0 Å². The van der Waals surface area contributed by atoms with Crippen molar-refractivity contribution < 1.29 is 4.79 Å². The topological polar surface area (TPSA) is 56.1 Å². The van der Waals surface area contributed by atoms with Crippen LogP contribution in [0.2, 0.25) is 0 Å². The maximum Gasteiger partial charge on any atom is 0.225 e. The minimum Gasteiger partial charge on any atom is -0.325 e. The number of benzene rings is 2. The first-order chi connectivity index (χ1) is 12.7. The van der Waals surface area contributed by atoms with Gasteiger partial charge in [-0.1, -0.05) is 42.0 Å². The van der Waals surface area contributed by atoms with E-state index in [4.69, 9.17) is 5.26 Å². The molecule has 1 aliphatic heterocycles. The summed E-state index contributed by atoms with van der Waals surface area (Å²) in [6.07, 6.45) is 0.423. The maximum atomic E-state index is 12.4. The molecular formula is C21H23N3OS. The van der Waals surface area contributed by atoms with Gasteiger partial charge in [0.05, 0.1) is 11.3 Å². The highest BCUT2D eigenvalue weighted by Gasteiger charge is 2.24. The number of anilines is 1. The maximum absolute atomic E-state index is 12.4. The first kappa shape index (κ1) is 18.5. The number of nitriles is 1. The second-order valence-corrected chi connectivity index (χ2v) is 7.64. The Bertz CT molecular complexity index is 798. The zero-order valence-electron chi connectivity index (χ0n) is 14.9. The van der Waals surface area contributed by atoms with Gasteiger partial charge in [0.1, 0.15) is 6.07 Å². The third-order valence-corrected chi connectivity index (χ3v) is 5.67. The lowest BCUT2D eigenvalue weighted by Gasteiger charge is -2.35. The van der Waals surface area contributed by atoms with Crippen LogP contribution >= 0.6 is 11.8 Å². The molecule has 0 spiro atoms. The third kappa shape index (κ3) is 4.66. The van der Waals surface area contributed by atoms with Crippen molar-refractivity contribution in [2.45, 2.75) is 19.4 Å². The molecule has 1 atom stereocenters. The Morgan fingerprint density at radius 1 is 1.27 bits per heavy atom. The molecule has 134 valence electrons. The van der Waals surface area contributed by atoms with Crippen molar-refractivity contribution in [1.82, 2.24) is 4.90 Å². The SMILES string of the molecule is Cc1ccc(C2CSCCN2CCC(=O)Nc2ccccc2C#N)cc1. The van der Waals surface area contributed by atoms with E-state index >= 15 is 0 Å². The van der Waals surface area contributed by atoms with Gasteiger partial charge in [-0.15, -0.1) is 0 Å². The summed E-state index contributed by atoms with van der Waals surface area (Å²) in [4.78, 5) is 14.8. The molecule has 1 heterocycles. The number of para-hydroxylation sites is 1. The predicted molar refractivity (Wildman–Crippen MR) is 107 cm³/mol. The molecule has 1 amide bonds. The molecule has 0 bridgehead atoms. The standard InChI is InChI=1S/C21H23N3OS/c1-16-6-8-17(9-7-16)20-15-26-13-12-24(20)11-10-21(25)23-19-5-3-2-4-18(19)14-22/h2-9,20H,10-13,15H2,1H3,(H,23,25). The first-order valence-corrected chi connectivity index (χ1v) is 10.00. The number of amides is 1. The summed E-state index contributed by atoms with van der Waals surface area (Å²) in [5, 5.41) is 12.0. The lowest BCUT2D eigenvalue weighted by atomic mass is 10.0. The van der Waals surface area contributed by atoms with Crippen molar-refractivity contribution in [2.24, 2.45) is 0 Å². The number of nitrogens with one attached hydrogen (secondary N) is 1. The van der Waals surface area contributed by atoms with Gasteiger partial charge in [0.15, 0.2) is 0 Å². The Hall–Kier alpha value is -2.29. The summed E-state index contributed by atoms with van der Waals surface area (Å²) in [6, 6.07) is 18.3. The van der Waals surface area contributed by atoms with Gasteiger partial charge in [0.25, 0.3) is 0 Å². The summed E-state index contributed by atoms with van der Waals surface area (Å²) < 4.78 is 0. The molecule has 1 unspecified atom stereocenters. The van der Waals surface area contributed by atoms with Gasteiger partial charge in [-0.3, -0.25) is 9.69 Å². The molecule has 1 N–H and O–H groups in total. The van der Waals surface area contributed by atoms with Crippen molar-refractivity contribution in [3.05, 3.63) is 65.2 Å². The summed E-state index contributed by atoms with van der Waals surface area (Å²) in [5.74, 6) is 2.11. The van der Waals surface area contributed by atoms with Gasteiger partial charge in [-0.2, -0.15) is 17.0 Å². The lowest BCUT2D eigenvalue weighted by molar-refractivity contribution is -0.116. The van der Waals surface area contributed by atoms with Crippen LogP contribution in [0.5, 0.6) is 0 Å². The van der Waals surface area contributed by atoms with Gasteiger partial charge < -0.3 is 5.32 Å². The molecule has 0 saturated carbocycles. The van der Waals surface area contributed by atoms with E-state index in [-0.39, 0.29) is 5.91 Å². The number of carbonyl (C=O) groups excluding carboxylic acids is 1. The molecule has 0 aromatic heterocycles. The number of nitrogens with zero attached hydrogens (tertiary/aromatic N) is 2. The molecule has 1 fully saturated rings. The third-order valence-electron chi connectivity index (χ3n) is 4.65. The molecular weight excluding hydrogens is 342 g/mol. The molecule has 1 aliphatic rings. The average molecular weight is 366 g/mol. The van der Waals surface area contributed by atoms with Gasteiger partial charge >= 0.3 is 0 Å². The Balaban J connectivity index is 1.60. The molecule has 5 heteroatoms. The molecule has 1 saturated heterocycles. The van der Waals surface area contributed by atoms with E-state index < -0.39 is 0 Å². The number of rotatable bonds is 5. The number of aryl methyl sites for hydroxylation is 1. The fourth-order valence-corrected chi connectivity index (χ4v) is 4.31. The second kappa shape index (κ2) is 8.88. The summed E-state index contributed by atoms with van der Waals surface area (Å²) in [5.41, 5.74) is 3.66. The number of thioether (sulfide) groups is 1. The monoisotopic (exact) mass is 365 g/mol. The quantitative estimate of drug-likeness (QED) is 0.871. The largest absolute Gasteiger partial charge is 0.325 e. The van der Waals surface area contributed by atoms with Gasteiger partial charge in [-0.25, -0.2) is 0 Å². The molecule has 2 aromatic carbocycles. The van der Waals surface area contributed by atoms with Crippen LogP contribution in [0.1, 0.15) is 29.2 Å². The lowest BCUT2D eigenvalue weighted by Crippen LogP contribution is -2.38. The van der Waals surface area contributed by atoms with Crippen molar-refractivity contribution in [2.75, 3.05) is 29.9 Å². The minimum absolute atomic E-state index is 0.0476. The molecule has 0 aliphatic carbocycles. The van der Waals surface area contributed by atoms with Crippen LogP contribution in [0.25, 0.3) is 0 Å². The molecule has 0 radical (unpaired) electrons. The second-order valence-electron chi connectivity index (χ2n) is 6.49. The van der Waals surface area contributed by atoms with Gasteiger partial charge in [0, 0.05) is 37.1 Å². The highest BCUT2D eigenvalue weighted by Crippen LogP contribution is 2.29. The van der Waals surface area contributed by atoms with Crippen LogP contribution in [0.4, 0.5) is 5.69 Å². The Labute approximate surface area is 159 Å². The smallest absolute Gasteiger partial charge is 0.225 e. The van der Waals surface area contributed by atoms with E-state index in [1.54, 1.807) is 18.2 Å². The van der Waals surface area contributed by atoms with E-state index in [9.17, 15) is 4.79 Å². The minimum atomic E-state index is -0.0476. The predicted octanol–water partition coefficient (Wildman–Crippen LogP) is 3.99. The van der Waals surface area contributed by atoms with Gasteiger partial charge in [0.2, 0.25) is 5.91 Å². The number of hydrogen-bond acceptors (Lipinski definition) is 4. The van der Waals surface area contributed by atoms with Crippen LogP contribution < -0.4 is 5.32 Å². The van der Waals surface area contributed by atoms with E-state index in [0.717, 1.165) is 24.6 Å². The average Bonchev–Trinajstić information content (AvgIpc) is 2.68. The molecule has 2 aromatic rings. The first-order valence-electron chi connectivity index (χ1n) is 8.84. The summed E-state index contributed by atoms with van der Waals surface area (Å²) in [7, 11) is 0. The highest BCUT2D eigenvalue weighted by molar-refractivity contribution is 7.99. The van der Waals surface area contributed by atoms with Crippen LogP contribution in [0.3, 0.4) is 0 Å². The van der Waals surface area contributed by atoms with Crippen LogP contribution in [-0.2, 0) is 4.79 Å². The normalized spacial score (nSPS) is 17.5. The Kier molecular flexibility index (Phi) is 6.32. The summed E-state index contributed by atoms with van der Waals surface area (Å²) in [6.45, 7) is 3.81. The Morgan fingerprint density at radius 3 is 2.81 bits per heavy atom. The van der Waals surface area contributed by atoms with Crippen molar-refractivity contribution in [1.29, 1.82) is 5.26 Å². The van der Waals surface area contributed by atoms with E-state index in [1.807, 2.05) is 17.8 Å². The fourth-order valence-electron chi connectivity index (χ4n) is 3.15. The van der Waals surface area contributed by atoms with Crippen LogP contribution in [-0.4, -0.2) is 35.4 Å². The fraction of sp³-hybridized carbons (Fsp3) is 0.333. The van der Waals surface area contributed by atoms with Crippen molar-refractivity contribution in [3.8, 4) is 6.07 Å². The van der Waals surface area contributed by atoms with Crippen LogP contribution in [0, 0.1) is 18.3 Å². The molecule has 26 heavy (non-hydrogen) atoms.